The topological polar surface area (TPSA) is 87.7 Å². The summed E-state index contributed by atoms with van der Waals surface area (Å²) in [5, 5.41) is 2.77. The third kappa shape index (κ3) is 6.14. The van der Waals surface area contributed by atoms with Crippen molar-refractivity contribution < 1.29 is 17.9 Å². The number of sulfonamides is 1. The first-order valence-electron chi connectivity index (χ1n) is 8.19. The van der Waals surface area contributed by atoms with E-state index in [0.717, 1.165) is 10.0 Å². The lowest BCUT2D eigenvalue weighted by molar-refractivity contribution is 0.220. The van der Waals surface area contributed by atoms with Gasteiger partial charge in [0.2, 0.25) is 10.0 Å². The minimum atomic E-state index is -3.42. The normalized spacial score (nSPS) is 11.0. The maximum atomic E-state index is 12.4. The minimum absolute atomic E-state index is 0.0461. The molecule has 2 N–H and O–H groups in total. The lowest BCUT2D eigenvalue weighted by Crippen LogP contribution is -2.30. The Morgan fingerprint density at radius 3 is 2.44 bits per heavy atom. The molecule has 9 heteroatoms. The molecule has 0 aliphatic rings. The van der Waals surface area contributed by atoms with Gasteiger partial charge < -0.3 is 15.0 Å². The Morgan fingerprint density at radius 2 is 1.85 bits per heavy atom. The first-order chi connectivity index (χ1) is 12.7. The number of hydrogen-bond acceptors (Lipinski definition) is 4. The van der Waals surface area contributed by atoms with E-state index < -0.39 is 10.0 Å². The summed E-state index contributed by atoms with van der Waals surface area (Å²) in [6.45, 7) is 2.00. The Bertz CT molecular complexity index is 901. The Balaban J connectivity index is 2.07. The Kier molecular flexibility index (Phi) is 7.09. The van der Waals surface area contributed by atoms with Crippen LogP contribution in [0.25, 0.3) is 0 Å². The van der Waals surface area contributed by atoms with E-state index in [1.165, 1.54) is 7.11 Å². The molecule has 0 saturated heterocycles. The maximum Gasteiger partial charge on any atom is 0.321 e. The molecule has 0 atom stereocenters. The van der Waals surface area contributed by atoms with E-state index in [1.807, 2.05) is 24.3 Å². The van der Waals surface area contributed by atoms with Gasteiger partial charge in [0.25, 0.3) is 0 Å². The highest BCUT2D eigenvalue weighted by atomic mass is 79.9. The summed E-state index contributed by atoms with van der Waals surface area (Å²) in [5.41, 5.74) is 1.82. The number of ether oxygens (including phenoxy) is 1. The standard InChI is InChI=1S/C18H22BrN3O4S/c1-4-27(24,25)21-16-10-9-15(11-17(16)26-3)20-18(23)22(2)12-13-5-7-14(19)8-6-13/h5-11,21H,4,12H2,1-3H3,(H,20,23). The minimum Gasteiger partial charge on any atom is -0.494 e. The van der Waals surface area contributed by atoms with Gasteiger partial charge in [-0.25, -0.2) is 13.2 Å². The van der Waals surface area contributed by atoms with Gasteiger partial charge in [-0.3, -0.25) is 4.72 Å². The summed E-state index contributed by atoms with van der Waals surface area (Å²) in [6, 6.07) is 12.2. The summed E-state index contributed by atoms with van der Waals surface area (Å²) in [5.74, 6) is 0.274. The van der Waals surface area contributed by atoms with Crippen molar-refractivity contribution in [1.82, 2.24) is 4.90 Å². The van der Waals surface area contributed by atoms with E-state index in [-0.39, 0.29) is 11.8 Å². The summed E-state index contributed by atoms with van der Waals surface area (Å²) in [7, 11) is -0.293. The van der Waals surface area contributed by atoms with Crippen LogP contribution in [-0.4, -0.2) is 39.3 Å². The first kappa shape index (κ1) is 21.0. The highest BCUT2D eigenvalue weighted by Gasteiger charge is 2.14. The molecule has 0 bridgehead atoms. The van der Waals surface area contributed by atoms with Crippen LogP contribution in [0.2, 0.25) is 0 Å². The Hall–Kier alpha value is -2.26. The molecule has 0 aliphatic heterocycles. The molecule has 2 rings (SSSR count). The lowest BCUT2D eigenvalue weighted by atomic mass is 10.2. The number of nitrogens with one attached hydrogen (secondary N) is 2. The molecule has 2 aromatic rings. The van der Waals surface area contributed by atoms with Gasteiger partial charge in [-0.15, -0.1) is 0 Å². The van der Waals surface area contributed by atoms with Crippen LogP contribution >= 0.6 is 15.9 Å². The number of methoxy groups -OCH3 is 1. The summed E-state index contributed by atoms with van der Waals surface area (Å²) in [4.78, 5) is 13.9. The van der Waals surface area contributed by atoms with Crippen molar-refractivity contribution in [3.05, 3.63) is 52.5 Å². The SMILES string of the molecule is CCS(=O)(=O)Nc1ccc(NC(=O)N(C)Cc2ccc(Br)cc2)cc1OC. The van der Waals surface area contributed by atoms with E-state index in [0.29, 0.717) is 23.7 Å². The number of urea groups is 1. The molecule has 2 amide bonds. The molecule has 0 aliphatic carbocycles. The molecule has 0 fully saturated rings. The van der Waals surface area contributed by atoms with Crippen LogP contribution in [0, 0.1) is 0 Å². The van der Waals surface area contributed by atoms with Crippen LogP contribution < -0.4 is 14.8 Å². The number of nitrogens with zero attached hydrogens (tertiary/aromatic N) is 1. The average molecular weight is 456 g/mol. The van der Waals surface area contributed by atoms with Gasteiger partial charge in [0.1, 0.15) is 5.75 Å². The lowest BCUT2D eigenvalue weighted by Gasteiger charge is -2.19. The van der Waals surface area contributed by atoms with Crippen LogP contribution in [0.15, 0.2) is 46.9 Å². The van der Waals surface area contributed by atoms with Crippen LogP contribution in [0.5, 0.6) is 5.75 Å². The molecule has 2 aromatic carbocycles. The fourth-order valence-corrected chi connectivity index (χ4v) is 3.16. The van der Waals surface area contributed by atoms with Gasteiger partial charge in [-0.2, -0.15) is 0 Å². The smallest absolute Gasteiger partial charge is 0.321 e. The third-order valence-corrected chi connectivity index (χ3v) is 5.60. The zero-order chi connectivity index (χ0) is 20.0. The molecular formula is C18H22BrN3O4S. The number of anilines is 2. The van der Waals surface area contributed by atoms with E-state index in [2.05, 4.69) is 26.0 Å². The predicted molar refractivity (Wildman–Crippen MR) is 111 cm³/mol. The fourth-order valence-electron chi connectivity index (χ4n) is 2.25. The molecule has 0 aromatic heterocycles. The van der Waals surface area contributed by atoms with E-state index in [1.54, 1.807) is 37.1 Å². The van der Waals surface area contributed by atoms with Crippen molar-refractivity contribution in [2.75, 3.05) is 29.9 Å². The summed E-state index contributed by atoms with van der Waals surface area (Å²) in [6.07, 6.45) is 0. The largest absolute Gasteiger partial charge is 0.494 e. The van der Waals surface area contributed by atoms with Crippen LogP contribution in [0.4, 0.5) is 16.2 Å². The number of benzene rings is 2. The van der Waals surface area contributed by atoms with Crippen molar-refractivity contribution in [2.45, 2.75) is 13.5 Å². The van der Waals surface area contributed by atoms with Gasteiger partial charge in [0, 0.05) is 29.8 Å². The van der Waals surface area contributed by atoms with E-state index in [4.69, 9.17) is 4.74 Å². The second-order valence-corrected chi connectivity index (χ2v) is 8.76. The maximum absolute atomic E-state index is 12.4. The zero-order valence-corrected chi connectivity index (χ0v) is 17.7. The quantitative estimate of drug-likeness (QED) is 0.662. The first-order valence-corrected chi connectivity index (χ1v) is 10.6. The highest BCUT2D eigenvalue weighted by Crippen LogP contribution is 2.29. The van der Waals surface area contributed by atoms with E-state index >= 15 is 0 Å². The van der Waals surface area contributed by atoms with Gasteiger partial charge in [0.15, 0.2) is 0 Å². The molecule has 146 valence electrons. The van der Waals surface area contributed by atoms with Crippen molar-refractivity contribution in [3.8, 4) is 5.75 Å². The summed E-state index contributed by atoms with van der Waals surface area (Å²) >= 11 is 3.38. The summed E-state index contributed by atoms with van der Waals surface area (Å²) < 4.78 is 32.1. The van der Waals surface area contributed by atoms with Crippen LogP contribution in [-0.2, 0) is 16.6 Å². The predicted octanol–water partition coefficient (Wildman–Crippen LogP) is 3.88. The number of hydrogen-bond donors (Lipinski definition) is 2. The van der Waals surface area contributed by atoms with Crippen molar-refractivity contribution >= 4 is 43.4 Å². The second-order valence-electron chi connectivity index (χ2n) is 5.83. The molecule has 7 nitrogen and oxygen atoms in total. The molecule has 0 heterocycles. The molecular weight excluding hydrogens is 434 g/mol. The van der Waals surface area contributed by atoms with Crippen molar-refractivity contribution in [2.24, 2.45) is 0 Å². The molecule has 0 unspecified atom stereocenters. The van der Waals surface area contributed by atoms with Gasteiger partial charge in [-0.05, 0) is 36.8 Å². The van der Waals surface area contributed by atoms with Gasteiger partial charge >= 0.3 is 6.03 Å². The Labute approximate surface area is 167 Å². The van der Waals surface area contributed by atoms with Crippen LogP contribution in [0.3, 0.4) is 0 Å². The number of carbonyl (C=O) groups is 1. The number of halogens is 1. The zero-order valence-electron chi connectivity index (χ0n) is 15.3. The molecule has 27 heavy (non-hydrogen) atoms. The number of rotatable bonds is 7. The highest BCUT2D eigenvalue weighted by molar-refractivity contribution is 9.10. The average Bonchev–Trinajstić information content (AvgIpc) is 2.64. The number of carbonyl (C=O) groups excluding carboxylic acids is 1. The molecule has 0 saturated carbocycles. The van der Waals surface area contributed by atoms with Crippen molar-refractivity contribution in [1.29, 1.82) is 0 Å². The second kappa shape index (κ2) is 9.09. The fraction of sp³-hybridized carbons (Fsp3) is 0.278. The van der Waals surface area contributed by atoms with Crippen LogP contribution in [0.1, 0.15) is 12.5 Å². The van der Waals surface area contributed by atoms with Gasteiger partial charge in [0.05, 0.1) is 18.6 Å². The molecule has 0 radical (unpaired) electrons. The molecule has 0 spiro atoms. The monoisotopic (exact) mass is 455 g/mol. The Morgan fingerprint density at radius 1 is 1.19 bits per heavy atom. The number of amides is 2. The van der Waals surface area contributed by atoms with E-state index in [9.17, 15) is 13.2 Å². The van der Waals surface area contributed by atoms with Gasteiger partial charge in [-0.1, -0.05) is 28.1 Å². The third-order valence-electron chi connectivity index (χ3n) is 3.78. The van der Waals surface area contributed by atoms with Crippen molar-refractivity contribution in [3.63, 3.8) is 0 Å².